The SMILES string of the molecule is CCN(CC)C(=O)C1=C(C)N=c2s/c(=C/c3ccc(OCc4ccc(F)cc4)c(OC)c3)c(=O)n2[C@@H]1c1ccccc1OC. The lowest BCUT2D eigenvalue weighted by Crippen LogP contribution is -2.43. The normalized spacial score (nSPS) is 14.6. The molecule has 10 heteroatoms. The van der Waals surface area contributed by atoms with Crippen molar-refractivity contribution in [3.8, 4) is 17.2 Å². The van der Waals surface area contributed by atoms with Crippen LogP contribution >= 0.6 is 11.3 Å². The fraction of sp³-hybridized carbons (Fsp3) is 0.265. The number of fused-ring (bicyclic) bond motifs is 1. The summed E-state index contributed by atoms with van der Waals surface area (Å²) in [6.07, 6.45) is 1.78. The maximum absolute atomic E-state index is 14.1. The van der Waals surface area contributed by atoms with Crippen molar-refractivity contribution in [2.75, 3.05) is 27.3 Å². The first-order chi connectivity index (χ1) is 21.3. The number of allylic oxidation sites excluding steroid dienone is 1. The summed E-state index contributed by atoms with van der Waals surface area (Å²) in [6.45, 7) is 6.97. The number of nitrogens with zero attached hydrogens (tertiary/aromatic N) is 3. The van der Waals surface area contributed by atoms with E-state index in [-0.39, 0.29) is 23.9 Å². The number of methoxy groups -OCH3 is 2. The van der Waals surface area contributed by atoms with E-state index in [0.717, 1.165) is 11.1 Å². The second-order valence-electron chi connectivity index (χ2n) is 10.1. The van der Waals surface area contributed by atoms with E-state index >= 15 is 0 Å². The zero-order valence-corrected chi connectivity index (χ0v) is 26.1. The number of ether oxygens (including phenoxy) is 3. The summed E-state index contributed by atoms with van der Waals surface area (Å²) < 4.78 is 32.5. The highest BCUT2D eigenvalue weighted by Crippen LogP contribution is 2.36. The number of carbonyl (C=O) groups excluding carboxylic acids is 1. The number of benzene rings is 3. The monoisotopic (exact) mass is 615 g/mol. The summed E-state index contributed by atoms with van der Waals surface area (Å²) in [6, 6.07) is 18.2. The van der Waals surface area contributed by atoms with E-state index in [0.29, 0.717) is 56.5 Å². The molecule has 0 fully saturated rings. The molecule has 44 heavy (non-hydrogen) atoms. The predicted octanol–water partition coefficient (Wildman–Crippen LogP) is 4.84. The highest BCUT2D eigenvalue weighted by Gasteiger charge is 2.35. The van der Waals surface area contributed by atoms with Gasteiger partial charge in [-0.15, -0.1) is 0 Å². The molecule has 0 aliphatic carbocycles. The minimum Gasteiger partial charge on any atom is -0.496 e. The van der Waals surface area contributed by atoms with Gasteiger partial charge in [-0.2, -0.15) is 0 Å². The highest BCUT2D eigenvalue weighted by atomic mass is 32.1. The number of hydrogen-bond donors (Lipinski definition) is 0. The molecule has 2 heterocycles. The highest BCUT2D eigenvalue weighted by molar-refractivity contribution is 7.07. The molecule has 0 saturated carbocycles. The minimum absolute atomic E-state index is 0.164. The molecule has 5 rings (SSSR count). The molecular formula is C34H34FN3O5S. The van der Waals surface area contributed by atoms with Crippen LogP contribution in [-0.4, -0.2) is 42.7 Å². The zero-order chi connectivity index (χ0) is 31.4. The fourth-order valence-electron chi connectivity index (χ4n) is 5.25. The van der Waals surface area contributed by atoms with Crippen LogP contribution in [0.4, 0.5) is 4.39 Å². The molecule has 1 aliphatic rings. The van der Waals surface area contributed by atoms with E-state index < -0.39 is 6.04 Å². The van der Waals surface area contributed by atoms with E-state index in [4.69, 9.17) is 19.2 Å². The van der Waals surface area contributed by atoms with Crippen molar-refractivity contribution in [1.29, 1.82) is 0 Å². The molecule has 1 aromatic heterocycles. The Labute approximate surface area is 259 Å². The molecule has 228 valence electrons. The van der Waals surface area contributed by atoms with Crippen LogP contribution in [0, 0.1) is 5.82 Å². The largest absolute Gasteiger partial charge is 0.496 e. The Morgan fingerprint density at radius 3 is 2.39 bits per heavy atom. The van der Waals surface area contributed by atoms with Crippen molar-refractivity contribution in [2.24, 2.45) is 4.99 Å². The number of hydrogen-bond acceptors (Lipinski definition) is 7. The topological polar surface area (TPSA) is 82.4 Å². The van der Waals surface area contributed by atoms with Crippen LogP contribution in [-0.2, 0) is 11.4 Å². The number of thiazole rings is 1. The van der Waals surface area contributed by atoms with Crippen LogP contribution in [0.5, 0.6) is 17.2 Å². The van der Waals surface area contributed by atoms with E-state index in [2.05, 4.69) is 0 Å². The number of amides is 1. The van der Waals surface area contributed by atoms with Crippen LogP contribution in [0.15, 0.2) is 87.8 Å². The minimum atomic E-state index is -0.713. The number of carbonyl (C=O) groups is 1. The first-order valence-electron chi connectivity index (χ1n) is 14.3. The predicted molar refractivity (Wildman–Crippen MR) is 168 cm³/mol. The summed E-state index contributed by atoms with van der Waals surface area (Å²) in [7, 11) is 3.12. The van der Waals surface area contributed by atoms with Gasteiger partial charge in [0.2, 0.25) is 0 Å². The first kappa shape index (κ1) is 30.7. The zero-order valence-electron chi connectivity index (χ0n) is 25.3. The molecule has 0 N–H and O–H groups in total. The number of halogens is 1. The Morgan fingerprint density at radius 2 is 1.70 bits per heavy atom. The number of likely N-dealkylation sites (N-methyl/N-ethyl adjacent to an activating group) is 1. The van der Waals surface area contributed by atoms with Gasteiger partial charge in [-0.25, -0.2) is 9.38 Å². The van der Waals surface area contributed by atoms with E-state index in [9.17, 15) is 14.0 Å². The Kier molecular flexibility index (Phi) is 9.29. The van der Waals surface area contributed by atoms with Gasteiger partial charge in [0.1, 0.15) is 24.2 Å². The standard InChI is InChI=1S/C34H34FN3O5S/c1-6-37(7-2)33(40)30-21(3)36-34-38(31(30)25-10-8-9-11-26(25)41-4)32(39)29(44-34)19-23-14-17-27(28(18-23)42-5)43-20-22-12-15-24(35)16-13-22/h8-19,31H,6-7,20H2,1-5H3/b29-19+/t31-/m1/s1. The lowest BCUT2D eigenvalue weighted by atomic mass is 9.94. The van der Waals surface area contributed by atoms with Crippen molar-refractivity contribution in [3.63, 3.8) is 0 Å². The maximum Gasteiger partial charge on any atom is 0.271 e. The lowest BCUT2D eigenvalue weighted by Gasteiger charge is -2.29. The summed E-state index contributed by atoms with van der Waals surface area (Å²) >= 11 is 1.26. The van der Waals surface area contributed by atoms with Crippen molar-refractivity contribution in [2.45, 2.75) is 33.4 Å². The van der Waals surface area contributed by atoms with Gasteiger partial charge in [-0.1, -0.05) is 47.7 Å². The van der Waals surface area contributed by atoms with E-state index in [1.165, 1.54) is 23.5 Å². The molecule has 0 radical (unpaired) electrons. The molecular weight excluding hydrogens is 581 g/mol. The summed E-state index contributed by atoms with van der Waals surface area (Å²) in [4.78, 5) is 34.9. The maximum atomic E-state index is 14.1. The second-order valence-corrected chi connectivity index (χ2v) is 11.1. The Balaban J connectivity index is 1.58. The molecule has 8 nitrogen and oxygen atoms in total. The van der Waals surface area contributed by atoms with Crippen LogP contribution in [0.3, 0.4) is 0 Å². The van der Waals surface area contributed by atoms with E-state index in [1.807, 2.05) is 51.1 Å². The van der Waals surface area contributed by atoms with Crippen LogP contribution in [0.2, 0.25) is 0 Å². The molecule has 0 bridgehead atoms. The summed E-state index contributed by atoms with van der Waals surface area (Å²) in [5, 5.41) is 0. The van der Waals surface area contributed by atoms with Crippen molar-refractivity contribution < 1.29 is 23.4 Å². The van der Waals surface area contributed by atoms with Crippen LogP contribution in [0.1, 0.15) is 43.5 Å². The second kappa shape index (κ2) is 13.3. The molecule has 0 unspecified atom stereocenters. The summed E-state index contributed by atoms with van der Waals surface area (Å²) in [5.74, 6) is 1.11. The van der Waals surface area contributed by atoms with Crippen molar-refractivity contribution >= 4 is 23.3 Å². The fourth-order valence-corrected chi connectivity index (χ4v) is 6.30. The third kappa shape index (κ3) is 6.03. The molecule has 0 spiro atoms. The van der Waals surface area contributed by atoms with Gasteiger partial charge >= 0.3 is 0 Å². The average Bonchev–Trinajstić information content (AvgIpc) is 3.34. The number of para-hydroxylation sites is 1. The van der Waals surface area contributed by atoms with Gasteiger partial charge < -0.3 is 19.1 Å². The molecule has 1 atom stereocenters. The third-order valence-corrected chi connectivity index (χ3v) is 8.51. The van der Waals surface area contributed by atoms with Gasteiger partial charge in [0, 0.05) is 18.7 Å². The van der Waals surface area contributed by atoms with Crippen LogP contribution in [0.25, 0.3) is 6.08 Å². The van der Waals surface area contributed by atoms with Gasteiger partial charge in [0.05, 0.1) is 30.0 Å². The smallest absolute Gasteiger partial charge is 0.271 e. The van der Waals surface area contributed by atoms with Crippen molar-refractivity contribution in [1.82, 2.24) is 9.47 Å². The summed E-state index contributed by atoms with van der Waals surface area (Å²) in [5.41, 5.74) is 2.99. The lowest BCUT2D eigenvalue weighted by molar-refractivity contribution is -0.127. The molecule has 4 aromatic rings. The first-order valence-corrected chi connectivity index (χ1v) is 15.1. The third-order valence-electron chi connectivity index (χ3n) is 7.53. The molecule has 1 aliphatic heterocycles. The van der Waals surface area contributed by atoms with Gasteiger partial charge in [0.25, 0.3) is 11.5 Å². The number of aromatic nitrogens is 1. The molecule has 0 saturated heterocycles. The van der Waals surface area contributed by atoms with Crippen LogP contribution < -0.4 is 29.1 Å². The molecule has 1 amide bonds. The average molecular weight is 616 g/mol. The van der Waals surface area contributed by atoms with E-state index in [1.54, 1.807) is 54.0 Å². The Hall–Kier alpha value is -4.70. The van der Waals surface area contributed by atoms with Gasteiger partial charge in [-0.3, -0.25) is 14.2 Å². The van der Waals surface area contributed by atoms with Gasteiger partial charge in [0.15, 0.2) is 16.3 Å². The Morgan fingerprint density at radius 1 is 1.00 bits per heavy atom. The van der Waals surface area contributed by atoms with Gasteiger partial charge in [-0.05, 0) is 68.3 Å². The number of rotatable bonds is 10. The molecule has 3 aromatic carbocycles. The Bertz CT molecular complexity index is 1890. The van der Waals surface area contributed by atoms with Crippen molar-refractivity contribution in [3.05, 3.63) is 120 Å². The quantitative estimate of drug-likeness (QED) is 0.255.